The van der Waals surface area contributed by atoms with Gasteiger partial charge in [0.05, 0.1) is 40.3 Å². The van der Waals surface area contributed by atoms with Crippen LogP contribution in [0.3, 0.4) is 0 Å². The molecule has 0 radical (unpaired) electrons. The molecule has 0 spiro atoms. The molecule has 5 N–H and O–H groups in total. The van der Waals surface area contributed by atoms with Crippen LogP contribution in [0.15, 0.2) is 79.4 Å². The Kier molecular flexibility index (Phi) is 8.38. The molecule has 6 aromatic rings. The third kappa shape index (κ3) is 6.51. The molecular weight excluding hydrogens is 588 g/mol. The molecule has 0 amide bonds. The summed E-state index contributed by atoms with van der Waals surface area (Å²) in [5, 5.41) is 24.8. The molecule has 4 aromatic carbocycles. The Hall–Kier alpha value is -6.08. The van der Waals surface area contributed by atoms with E-state index in [0.717, 1.165) is 50.0 Å². The summed E-state index contributed by atoms with van der Waals surface area (Å²) in [6, 6.07) is 25.2. The first kappa shape index (κ1) is 30.9. The second-order valence-corrected chi connectivity index (χ2v) is 11.9. The molecule has 0 aliphatic carbocycles. The van der Waals surface area contributed by atoms with Crippen LogP contribution in [-0.4, -0.2) is 45.0 Å². The number of H-pyrrole nitrogens is 2. The summed E-state index contributed by atoms with van der Waals surface area (Å²) in [4.78, 5) is 16.2. The largest absolute Gasteiger partial charge is 0.496 e. The predicted octanol–water partition coefficient (Wildman–Crippen LogP) is 7.74. The smallest absolute Gasteiger partial charge is 0.145 e. The number of nitrogens with one attached hydrogen (secondary N) is 5. The van der Waals surface area contributed by atoms with Crippen LogP contribution in [0.2, 0.25) is 0 Å². The lowest BCUT2D eigenvalue weighted by atomic mass is 10.1. The van der Waals surface area contributed by atoms with Crippen molar-refractivity contribution in [2.75, 3.05) is 7.11 Å². The molecule has 236 valence electrons. The Bertz CT molecular complexity index is 2180. The lowest BCUT2D eigenvalue weighted by Crippen LogP contribution is -2.30. The van der Waals surface area contributed by atoms with Crippen molar-refractivity contribution in [2.24, 2.45) is 0 Å². The monoisotopic (exact) mass is 624 g/mol. The van der Waals surface area contributed by atoms with Crippen LogP contribution in [0.25, 0.3) is 50.5 Å². The van der Waals surface area contributed by atoms with E-state index in [4.69, 9.17) is 24.9 Å². The molecule has 0 saturated heterocycles. The van der Waals surface area contributed by atoms with Gasteiger partial charge in [-0.2, -0.15) is 5.26 Å². The maximum atomic E-state index is 10.00. The van der Waals surface area contributed by atoms with Gasteiger partial charge in [-0.15, -0.1) is 0 Å². The van der Waals surface area contributed by atoms with E-state index in [2.05, 4.69) is 47.1 Å². The van der Waals surface area contributed by atoms with Gasteiger partial charge in [0.15, 0.2) is 0 Å². The summed E-state index contributed by atoms with van der Waals surface area (Å²) in [7, 11) is 1.60. The quantitative estimate of drug-likeness (QED) is 0.0773. The van der Waals surface area contributed by atoms with E-state index >= 15 is 0 Å². The number of hydrogen-bond donors (Lipinski definition) is 5. The van der Waals surface area contributed by atoms with E-state index in [1.807, 2.05) is 68.4 Å². The van der Waals surface area contributed by atoms with Crippen LogP contribution in [-0.2, 0) is 0 Å². The summed E-state index contributed by atoms with van der Waals surface area (Å²) >= 11 is 0. The highest BCUT2D eigenvalue weighted by Crippen LogP contribution is 2.36. The first-order chi connectivity index (χ1) is 22.6. The zero-order chi connectivity index (χ0) is 33.2. The fourth-order valence-electron chi connectivity index (χ4n) is 5.34. The number of hydrogen-bond acceptors (Lipinski definition) is 7. The lowest BCUT2D eigenvalue weighted by Gasteiger charge is -2.12. The van der Waals surface area contributed by atoms with Crippen molar-refractivity contribution in [3.05, 3.63) is 96.1 Å². The highest BCUT2D eigenvalue weighted by Gasteiger charge is 2.16. The van der Waals surface area contributed by atoms with Crippen LogP contribution in [0.4, 0.5) is 0 Å². The Balaban J connectivity index is 1.24. The first-order valence-electron chi connectivity index (χ1n) is 15.3. The van der Waals surface area contributed by atoms with Gasteiger partial charge in [0.2, 0.25) is 0 Å². The average Bonchev–Trinajstić information content (AvgIpc) is 3.68. The lowest BCUT2D eigenvalue weighted by molar-refractivity contribution is 0.410. The fourth-order valence-corrected chi connectivity index (χ4v) is 5.34. The minimum Gasteiger partial charge on any atom is -0.496 e. The topological polar surface area (TPSA) is 148 Å². The molecule has 6 rings (SSSR count). The van der Waals surface area contributed by atoms with Gasteiger partial charge in [-0.1, -0.05) is 12.6 Å². The number of aromatic nitrogens is 4. The molecule has 0 bridgehead atoms. The summed E-state index contributed by atoms with van der Waals surface area (Å²) in [5.41, 5.74) is 7.76. The Morgan fingerprint density at radius 2 is 1.47 bits per heavy atom. The van der Waals surface area contributed by atoms with Gasteiger partial charge >= 0.3 is 0 Å². The fraction of sp³-hybridized carbons (Fsp3) is 0.189. The Morgan fingerprint density at radius 1 is 0.809 bits per heavy atom. The van der Waals surface area contributed by atoms with Gasteiger partial charge in [0.25, 0.3) is 0 Å². The molecular formula is C37H36N8O2. The van der Waals surface area contributed by atoms with E-state index in [1.165, 1.54) is 0 Å². The van der Waals surface area contributed by atoms with E-state index in [-0.39, 0.29) is 12.1 Å². The van der Waals surface area contributed by atoms with E-state index in [9.17, 15) is 5.26 Å². The highest BCUT2D eigenvalue weighted by molar-refractivity contribution is 5.99. The molecule has 10 nitrogen and oxygen atoms in total. The van der Waals surface area contributed by atoms with Crippen molar-refractivity contribution in [1.29, 1.82) is 10.7 Å². The number of nitrogens with zero attached hydrogens (tertiary/aromatic N) is 3. The van der Waals surface area contributed by atoms with Crippen molar-refractivity contribution in [3.8, 4) is 46.1 Å². The molecule has 0 aliphatic heterocycles. The Morgan fingerprint density at radius 3 is 2.15 bits per heavy atom. The number of ether oxygens (including phenoxy) is 2. The number of methoxy groups -OCH3 is 1. The average molecular weight is 625 g/mol. The molecule has 0 saturated carbocycles. The molecule has 2 heterocycles. The van der Waals surface area contributed by atoms with Gasteiger partial charge in [-0.3, -0.25) is 5.41 Å². The molecule has 47 heavy (non-hydrogen) atoms. The number of nitriles is 1. The van der Waals surface area contributed by atoms with Crippen LogP contribution in [0.5, 0.6) is 17.2 Å². The SMILES string of the molecule is C=C(NC(C)C)c1ccc2nc(-c3ccc(Oc4ccc(-c5nc6ccc(C(=N)NC(C)C)cc6[nH]5)cc4C#N)cc3OC)[nH]c2c1. The summed E-state index contributed by atoms with van der Waals surface area (Å²) in [5.74, 6) is 3.12. The molecule has 0 aliphatic rings. The first-order valence-corrected chi connectivity index (χ1v) is 15.3. The normalized spacial score (nSPS) is 11.2. The minimum absolute atomic E-state index is 0.156. The van der Waals surface area contributed by atoms with Gasteiger partial charge in [0.1, 0.15) is 40.8 Å². The molecule has 0 atom stereocenters. The minimum atomic E-state index is 0.156. The summed E-state index contributed by atoms with van der Waals surface area (Å²) in [6.45, 7) is 12.3. The van der Waals surface area contributed by atoms with Crippen molar-refractivity contribution in [2.45, 2.75) is 39.8 Å². The van der Waals surface area contributed by atoms with Crippen molar-refractivity contribution < 1.29 is 9.47 Å². The number of aromatic amines is 2. The van der Waals surface area contributed by atoms with Crippen LogP contribution in [0, 0.1) is 16.7 Å². The van der Waals surface area contributed by atoms with Crippen LogP contribution < -0.4 is 20.1 Å². The molecule has 2 aromatic heterocycles. The molecule has 0 fully saturated rings. The van der Waals surface area contributed by atoms with Crippen LogP contribution >= 0.6 is 0 Å². The van der Waals surface area contributed by atoms with Crippen molar-refractivity contribution in [1.82, 2.24) is 30.6 Å². The van der Waals surface area contributed by atoms with Crippen molar-refractivity contribution >= 4 is 33.6 Å². The third-order valence-corrected chi connectivity index (χ3v) is 7.53. The highest BCUT2D eigenvalue weighted by atomic mass is 16.5. The van der Waals surface area contributed by atoms with Crippen LogP contribution in [0.1, 0.15) is 44.4 Å². The molecule has 10 heteroatoms. The van der Waals surface area contributed by atoms with E-state index < -0.39 is 0 Å². The standard InChI is InChI=1S/C37H36N8O2/c1-20(2)40-22(5)23-7-12-30-31(16-23)45-37(43-30)28-11-10-27(18-34(28)46-6)47-33-14-9-25(15-26(33)19-38)36-42-29-13-8-24(17-32(29)44-36)35(39)41-21(3)4/h7-18,20-21,40H,5H2,1-4,6H3,(H2,39,41)(H,42,44)(H,43,45). The number of benzene rings is 4. The zero-order valence-electron chi connectivity index (χ0n) is 26.9. The maximum absolute atomic E-state index is 10.00. The third-order valence-electron chi connectivity index (χ3n) is 7.53. The predicted molar refractivity (Wildman–Crippen MR) is 187 cm³/mol. The van der Waals surface area contributed by atoms with Gasteiger partial charge in [-0.25, -0.2) is 9.97 Å². The van der Waals surface area contributed by atoms with E-state index in [1.54, 1.807) is 25.3 Å². The van der Waals surface area contributed by atoms with Gasteiger partial charge < -0.3 is 30.1 Å². The second kappa shape index (κ2) is 12.7. The maximum Gasteiger partial charge on any atom is 0.145 e. The van der Waals surface area contributed by atoms with E-state index in [0.29, 0.717) is 40.3 Å². The zero-order valence-corrected chi connectivity index (χ0v) is 26.9. The molecule has 0 unspecified atom stereocenters. The number of rotatable bonds is 10. The summed E-state index contributed by atoms with van der Waals surface area (Å²) < 4.78 is 11.9. The number of fused-ring (bicyclic) bond motifs is 2. The van der Waals surface area contributed by atoms with Gasteiger partial charge in [-0.05, 0) is 93.9 Å². The summed E-state index contributed by atoms with van der Waals surface area (Å²) in [6.07, 6.45) is 0. The number of imidazole rings is 2. The Labute approximate surface area is 273 Å². The van der Waals surface area contributed by atoms with Crippen molar-refractivity contribution in [3.63, 3.8) is 0 Å². The second-order valence-electron chi connectivity index (χ2n) is 11.9. The number of amidine groups is 1. The van der Waals surface area contributed by atoms with Gasteiger partial charge in [0, 0.05) is 35.0 Å².